The molecule has 0 atom stereocenters. The van der Waals surface area contributed by atoms with E-state index in [0.717, 1.165) is 16.6 Å². The third-order valence-corrected chi connectivity index (χ3v) is 3.22. The van der Waals surface area contributed by atoms with Gasteiger partial charge in [-0.25, -0.2) is 4.79 Å². The van der Waals surface area contributed by atoms with Crippen LogP contribution in [0.3, 0.4) is 0 Å². The third kappa shape index (κ3) is 3.53. The number of aromatic amines is 2. The number of hydrogen-bond donors (Lipinski definition) is 3. The number of carbonyl (C=O) groups excluding carboxylic acids is 1. The van der Waals surface area contributed by atoms with Crippen molar-refractivity contribution in [3.05, 3.63) is 64.3 Å². The summed E-state index contributed by atoms with van der Waals surface area (Å²) in [5, 5.41) is 2.85. The lowest BCUT2D eigenvalue weighted by atomic mass is 10.1. The maximum absolute atomic E-state index is 11.9. The standard InChI is InChI=1S/C15H14N4O2.ClH/c20-14(11-4-6-16-7-5-11)17-8-3-10-1-2-12-13(9-10)19-15(21)18-12;/h1-2,4-7,9H,3,8H2,(H,17,20)(H2,18,19,21);1H. The second-order valence-electron chi connectivity index (χ2n) is 4.70. The number of halogens is 1. The van der Waals surface area contributed by atoms with Crippen LogP contribution in [0.1, 0.15) is 15.9 Å². The van der Waals surface area contributed by atoms with Gasteiger partial charge in [0.1, 0.15) is 0 Å². The molecule has 2 heterocycles. The molecule has 0 aliphatic heterocycles. The van der Waals surface area contributed by atoms with Crippen LogP contribution in [0.4, 0.5) is 0 Å². The Hall–Kier alpha value is -2.60. The van der Waals surface area contributed by atoms with Gasteiger partial charge in [-0.3, -0.25) is 9.78 Å². The SMILES string of the molecule is Cl.O=C(NCCc1ccc2[nH]c(=O)[nH]c2c1)c1ccncc1. The summed E-state index contributed by atoms with van der Waals surface area (Å²) < 4.78 is 0. The number of benzene rings is 1. The highest BCUT2D eigenvalue weighted by molar-refractivity contribution is 5.93. The van der Waals surface area contributed by atoms with Crippen LogP contribution in [0.5, 0.6) is 0 Å². The van der Waals surface area contributed by atoms with E-state index in [9.17, 15) is 9.59 Å². The number of H-pyrrole nitrogens is 2. The quantitative estimate of drug-likeness (QED) is 0.683. The predicted molar refractivity (Wildman–Crippen MR) is 86.4 cm³/mol. The van der Waals surface area contributed by atoms with Crippen LogP contribution >= 0.6 is 12.4 Å². The maximum Gasteiger partial charge on any atom is 0.323 e. The highest BCUT2D eigenvalue weighted by Crippen LogP contribution is 2.10. The van der Waals surface area contributed by atoms with Gasteiger partial charge in [0, 0.05) is 24.5 Å². The Bertz CT molecular complexity index is 826. The Labute approximate surface area is 132 Å². The van der Waals surface area contributed by atoms with Crippen LogP contribution in [-0.4, -0.2) is 27.4 Å². The largest absolute Gasteiger partial charge is 0.352 e. The molecule has 0 fully saturated rings. The molecule has 0 saturated heterocycles. The summed E-state index contributed by atoms with van der Waals surface area (Å²) in [5.41, 5.74) is 2.99. The molecule has 6 nitrogen and oxygen atoms in total. The summed E-state index contributed by atoms with van der Waals surface area (Å²) in [5.74, 6) is -0.117. The average molecular weight is 319 g/mol. The molecule has 0 spiro atoms. The van der Waals surface area contributed by atoms with Gasteiger partial charge in [-0.15, -0.1) is 12.4 Å². The van der Waals surface area contributed by atoms with Crippen molar-refractivity contribution in [3.63, 3.8) is 0 Å². The normalized spacial score (nSPS) is 10.2. The molecule has 0 radical (unpaired) electrons. The molecule has 0 aliphatic rings. The first kappa shape index (κ1) is 15.8. The first-order chi connectivity index (χ1) is 10.2. The summed E-state index contributed by atoms with van der Waals surface area (Å²) in [6, 6.07) is 9.04. The van der Waals surface area contributed by atoms with Crippen LogP contribution in [-0.2, 0) is 6.42 Å². The zero-order valence-electron chi connectivity index (χ0n) is 11.6. The lowest BCUT2D eigenvalue weighted by Gasteiger charge is -2.05. The number of pyridine rings is 1. The van der Waals surface area contributed by atoms with Crippen molar-refractivity contribution >= 4 is 29.3 Å². The van der Waals surface area contributed by atoms with Crippen LogP contribution in [0.2, 0.25) is 0 Å². The average Bonchev–Trinajstić information content (AvgIpc) is 2.87. The molecule has 7 heteroatoms. The molecule has 2 aromatic heterocycles. The number of rotatable bonds is 4. The molecular weight excluding hydrogens is 304 g/mol. The lowest BCUT2D eigenvalue weighted by molar-refractivity contribution is 0.0954. The fourth-order valence-corrected chi connectivity index (χ4v) is 2.16. The molecule has 0 unspecified atom stereocenters. The zero-order valence-corrected chi connectivity index (χ0v) is 12.4. The Morgan fingerprint density at radius 2 is 1.82 bits per heavy atom. The van der Waals surface area contributed by atoms with E-state index in [1.807, 2.05) is 18.2 Å². The van der Waals surface area contributed by atoms with Gasteiger partial charge in [0.05, 0.1) is 11.0 Å². The van der Waals surface area contributed by atoms with E-state index in [1.54, 1.807) is 24.5 Å². The van der Waals surface area contributed by atoms with Gasteiger partial charge in [-0.05, 0) is 36.2 Å². The Kier molecular flexibility index (Phi) is 4.95. The molecule has 1 amide bonds. The molecule has 3 aromatic rings. The summed E-state index contributed by atoms with van der Waals surface area (Å²) in [6.45, 7) is 0.529. The first-order valence-corrected chi connectivity index (χ1v) is 6.61. The van der Waals surface area contributed by atoms with Crippen molar-refractivity contribution in [2.45, 2.75) is 6.42 Å². The van der Waals surface area contributed by atoms with Crippen molar-refractivity contribution < 1.29 is 4.79 Å². The number of nitrogens with zero attached hydrogens (tertiary/aromatic N) is 1. The van der Waals surface area contributed by atoms with Crippen molar-refractivity contribution in [3.8, 4) is 0 Å². The van der Waals surface area contributed by atoms with Crippen LogP contribution in [0.15, 0.2) is 47.5 Å². The molecule has 22 heavy (non-hydrogen) atoms. The van der Waals surface area contributed by atoms with Crippen molar-refractivity contribution in [1.29, 1.82) is 0 Å². The van der Waals surface area contributed by atoms with Gasteiger partial charge in [0.15, 0.2) is 0 Å². The predicted octanol–water partition coefficient (Wildman–Crippen LogP) is 1.65. The first-order valence-electron chi connectivity index (χ1n) is 6.61. The number of imidazole rings is 1. The molecular formula is C15H15ClN4O2. The van der Waals surface area contributed by atoms with Crippen LogP contribution in [0, 0.1) is 0 Å². The molecule has 3 rings (SSSR count). The Morgan fingerprint density at radius 1 is 1.09 bits per heavy atom. The number of aromatic nitrogens is 3. The number of nitrogens with one attached hydrogen (secondary N) is 3. The van der Waals surface area contributed by atoms with Crippen molar-refractivity contribution in [2.24, 2.45) is 0 Å². The summed E-state index contributed by atoms with van der Waals surface area (Å²) in [6.07, 6.45) is 3.87. The lowest BCUT2D eigenvalue weighted by Crippen LogP contribution is -2.25. The highest BCUT2D eigenvalue weighted by Gasteiger charge is 2.04. The number of carbonyl (C=O) groups is 1. The minimum Gasteiger partial charge on any atom is -0.352 e. The van der Waals surface area contributed by atoms with E-state index in [4.69, 9.17) is 0 Å². The Morgan fingerprint density at radius 3 is 2.59 bits per heavy atom. The fourth-order valence-electron chi connectivity index (χ4n) is 2.16. The topological polar surface area (TPSA) is 90.6 Å². The number of hydrogen-bond acceptors (Lipinski definition) is 3. The van der Waals surface area contributed by atoms with E-state index in [2.05, 4.69) is 20.3 Å². The number of amides is 1. The zero-order chi connectivity index (χ0) is 14.7. The van der Waals surface area contributed by atoms with E-state index >= 15 is 0 Å². The molecule has 0 bridgehead atoms. The minimum atomic E-state index is -0.215. The maximum atomic E-state index is 11.9. The van der Waals surface area contributed by atoms with E-state index in [0.29, 0.717) is 18.5 Å². The fraction of sp³-hybridized carbons (Fsp3) is 0.133. The van der Waals surface area contributed by atoms with Gasteiger partial charge < -0.3 is 15.3 Å². The molecule has 3 N–H and O–H groups in total. The molecule has 1 aromatic carbocycles. The van der Waals surface area contributed by atoms with Gasteiger partial charge >= 0.3 is 5.69 Å². The highest BCUT2D eigenvalue weighted by atomic mass is 35.5. The smallest absolute Gasteiger partial charge is 0.323 e. The summed E-state index contributed by atoms with van der Waals surface area (Å²) in [7, 11) is 0. The van der Waals surface area contributed by atoms with Crippen molar-refractivity contribution in [1.82, 2.24) is 20.3 Å². The van der Waals surface area contributed by atoms with Crippen molar-refractivity contribution in [2.75, 3.05) is 6.54 Å². The van der Waals surface area contributed by atoms with E-state index in [-0.39, 0.29) is 24.0 Å². The molecule has 0 saturated carbocycles. The minimum absolute atomic E-state index is 0. The second-order valence-corrected chi connectivity index (χ2v) is 4.70. The number of fused-ring (bicyclic) bond motifs is 1. The van der Waals surface area contributed by atoms with Crippen LogP contribution in [0.25, 0.3) is 11.0 Å². The Balaban J connectivity index is 0.00000176. The van der Waals surface area contributed by atoms with Crippen LogP contribution < -0.4 is 11.0 Å². The van der Waals surface area contributed by atoms with Gasteiger partial charge in [0.2, 0.25) is 0 Å². The summed E-state index contributed by atoms with van der Waals surface area (Å²) in [4.78, 5) is 32.3. The van der Waals surface area contributed by atoms with Gasteiger partial charge in [0.25, 0.3) is 5.91 Å². The third-order valence-electron chi connectivity index (χ3n) is 3.22. The monoisotopic (exact) mass is 318 g/mol. The second kappa shape index (κ2) is 6.91. The molecule has 114 valence electrons. The summed E-state index contributed by atoms with van der Waals surface area (Å²) >= 11 is 0. The van der Waals surface area contributed by atoms with E-state index < -0.39 is 0 Å². The molecule has 0 aliphatic carbocycles. The van der Waals surface area contributed by atoms with Gasteiger partial charge in [-0.1, -0.05) is 6.07 Å². The van der Waals surface area contributed by atoms with Gasteiger partial charge in [-0.2, -0.15) is 0 Å². The van der Waals surface area contributed by atoms with E-state index in [1.165, 1.54) is 0 Å².